The second kappa shape index (κ2) is 8.98. The average molecular weight is 406 g/mol. The Morgan fingerprint density at radius 3 is 2.28 bits per heavy atom. The Labute approximate surface area is 166 Å². The van der Waals surface area contributed by atoms with Gasteiger partial charge in [0.05, 0.1) is 6.04 Å². The SMILES string of the molecule is O=C(NCc1ccccc1)O[C@H]1CCCN(C(=O)C(F)(F)F)[C@H]1c1ccccc1. The Kier molecular flexibility index (Phi) is 6.41. The Balaban J connectivity index is 1.76. The van der Waals surface area contributed by atoms with Gasteiger partial charge in [0.15, 0.2) is 0 Å². The molecule has 0 aromatic heterocycles. The van der Waals surface area contributed by atoms with Gasteiger partial charge >= 0.3 is 18.2 Å². The smallest absolute Gasteiger partial charge is 0.444 e. The lowest BCUT2D eigenvalue weighted by atomic mass is 9.92. The third-order valence-electron chi connectivity index (χ3n) is 4.76. The van der Waals surface area contributed by atoms with Crippen molar-refractivity contribution < 1.29 is 27.5 Å². The van der Waals surface area contributed by atoms with Crippen molar-refractivity contribution in [2.75, 3.05) is 6.54 Å². The molecular formula is C21H21F3N2O3. The highest BCUT2D eigenvalue weighted by atomic mass is 19.4. The zero-order valence-electron chi connectivity index (χ0n) is 15.6. The van der Waals surface area contributed by atoms with E-state index in [9.17, 15) is 22.8 Å². The summed E-state index contributed by atoms with van der Waals surface area (Å²) in [4.78, 5) is 25.0. The fourth-order valence-corrected chi connectivity index (χ4v) is 3.47. The number of hydrogen-bond acceptors (Lipinski definition) is 3. The van der Waals surface area contributed by atoms with Crippen LogP contribution in [0.25, 0.3) is 0 Å². The molecule has 0 bridgehead atoms. The number of piperidine rings is 1. The molecule has 0 radical (unpaired) electrons. The van der Waals surface area contributed by atoms with Gasteiger partial charge < -0.3 is 15.0 Å². The molecule has 2 amide bonds. The lowest BCUT2D eigenvalue weighted by Gasteiger charge is -2.41. The van der Waals surface area contributed by atoms with E-state index >= 15 is 0 Å². The van der Waals surface area contributed by atoms with Crippen molar-refractivity contribution in [1.29, 1.82) is 0 Å². The minimum absolute atomic E-state index is 0.0522. The van der Waals surface area contributed by atoms with Crippen LogP contribution in [0.1, 0.15) is 30.0 Å². The Morgan fingerprint density at radius 1 is 1.03 bits per heavy atom. The minimum Gasteiger partial charge on any atom is -0.444 e. The van der Waals surface area contributed by atoms with Crippen LogP contribution in [0.15, 0.2) is 60.7 Å². The molecule has 2 atom stereocenters. The minimum atomic E-state index is -5.00. The summed E-state index contributed by atoms with van der Waals surface area (Å²) in [6, 6.07) is 16.5. The number of amides is 2. The van der Waals surface area contributed by atoms with Crippen molar-refractivity contribution in [1.82, 2.24) is 10.2 Å². The molecule has 0 saturated carbocycles. The predicted octanol–water partition coefficient (Wildman–Crippen LogP) is 4.21. The molecule has 0 aliphatic carbocycles. The van der Waals surface area contributed by atoms with Gasteiger partial charge in [-0.3, -0.25) is 4.79 Å². The van der Waals surface area contributed by atoms with Gasteiger partial charge in [0.1, 0.15) is 6.10 Å². The highest BCUT2D eigenvalue weighted by Crippen LogP contribution is 2.36. The van der Waals surface area contributed by atoms with Crippen molar-refractivity contribution in [2.45, 2.75) is 37.7 Å². The van der Waals surface area contributed by atoms with E-state index in [-0.39, 0.29) is 13.1 Å². The van der Waals surface area contributed by atoms with Crippen molar-refractivity contribution in [3.05, 3.63) is 71.8 Å². The summed E-state index contributed by atoms with van der Waals surface area (Å²) in [7, 11) is 0. The van der Waals surface area contributed by atoms with E-state index in [0.717, 1.165) is 10.5 Å². The monoisotopic (exact) mass is 406 g/mol. The fourth-order valence-electron chi connectivity index (χ4n) is 3.47. The summed E-state index contributed by atoms with van der Waals surface area (Å²) in [5.41, 5.74) is 1.35. The molecule has 5 nitrogen and oxygen atoms in total. The van der Waals surface area contributed by atoms with Crippen molar-refractivity contribution in [3.8, 4) is 0 Å². The first-order valence-corrected chi connectivity index (χ1v) is 9.27. The zero-order chi connectivity index (χ0) is 20.9. The summed E-state index contributed by atoms with van der Waals surface area (Å²) in [6.45, 7) is 0.178. The largest absolute Gasteiger partial charge is 0.471 e. The number of hydrogen-bond donors (Lipinski definition) is 1. The fraction of sp³-hybridized carbons (Fsp3) is 0.333. The third-order valence-corrected chi connectivity index (χ3v) is 4.76. The van der Waals surface area contributed by atoms with Gasteiger partial charge in [-0.15, -0.1) is 0 Å². The van der Waals surface area contributed by atoms with Gasteiger partial charge in [0, 0.05) is 13.1 Å². The molecule has 1 heterocycles. The number of likely N-dealkylation sites (tertiary alicyclic amines) is 1. The van der Waals surface area contributed by atoms with E-state index in [0.29, 0.717) is 18.4 Å². The number of rotatable bonds is 4. The average Bonchev–Trinajstić information content (AvgIpc) is 2.72. The van der Waals surface area contributed by atoms with Gasteiger partial charge in [0.25, 0.3) is 0 Å². The van der Waals surface area contributed by atoms with E-state index in [1.165, 1.54) is 0 Å². The molecule has 1 aliphatic heterocycles. The normalized spacial score (nSPS) is 19.5. The second-order valence-corrected chi connectivity index (χ2v) is 6.78. The number of alkyl carbamates (subject to hydrolysis) is 1. The number of carbonyl (C=O) groups is 2. The number of nitrogens with one attached hydrogen (secondary N) is 1. The van der Waals surface area contributed by atoms with Crippen LogP contribution in [0.3, 0.4) is 0 Å². The quantitative estimate of drug-likeness (QED) is 0.828. The van der Waals surface area contributed by atoms with Gasteiger partial charge in [0.2, 0.25) is 0 Å². The molecule has 1 saturated heterocycles. The maximum absolute atomic E-state index is 13.1. The highest BCUT2D eigenvalue weighted by Gasteiger charge is 2.48. The molecule has 0 unspecified atom stereocenters. The van der Waals surface area contributed by atoms with Crippen LogP contribution >= 0.6 is 0 Å². The molecular weight excluding hydrogens is 385 g/mol. The Bertz CT molecular complexity index is 828. The second-order valence-electron chi connectivity index (χ2n) is 6.78. The molecule has 1 aliphatic rings. The van der Waals surface area contributed by atoms with Crippen LogP contribution in [0, 0.1) is 0 Å². The standard InChI is InChI=1S/C21H21F3N2O3/c22-21(23,24)19(27)26-13-7-12-17(18(26)16-10-5-2-6-11-16)29-20(28)25-14-15-8-3-1-4-9-15/h1-6,8-11,17-18H,7,12-14H2,(H,25,28)/t17-,18-/m0/s1. The number of nitrogens with zero attached hydrogens (tertiary/aromatic N) is 1. The van der Waals surface area contributed by atoms with Gasteiger partial charge in [-0.05, 0) is 24.0 Å². The molecule has 2 aromatic rings. The van der Waals surface area contributed by atoms with Crippen LogP contribution in [0.5, 0.6) is 0 Å². The number of carbonyl (C=O) groups excluding carboxylic acids is 2. The molecule has 1 fully saturated rings. The van der Waals surface area contributed by atoms with Gasteiger partial charge in [-0.25, -0.2) is 4.79 Å². The number of ether oxygens (including phenoxy) is 1. The Morgan fingerprint density at radius 2 is 1.66 bits per heavy atom. The van der Waals surface area contributed by atoms with Crippen LogP contribution in [-0.4, -0.2) is 35.7 Å². The number of benzene rings is 2. The molecule has 2 aromatic carbocycles. The van der Waals surface area contributed by atoms with Crippen LogP contribution in [-0.2, 0) is 16.1 Å². The molecule has 3 rings (SSSR count). The maximum Gasteiger partial charge on any atom is 0.471 e. The summed E-state index contributed by atoms with van der Waals surface area (Å²) in [5.74, 6) is -1.93. The van der Waals surface area contributed by atoms with E-state index in [1.54, 1.807) is 30.3 Å². The third kappa shape index (κ3) is 5.28. The molecule has 1 N–H and O–H groups in total. The highest BCUT2D eigenvalue weighted by molar-refractivity contribution is 5.82. The first-order chi connectivity index (χ1) is 13.9. The lowest BCUT2D eigenvalue weighted by molar-refractivity contribution is -0.192. The molecule has 154 valence electrons. The molecule has 0 spiro atoms. The van der Waals surface area contributed by atoms with E-state index < -0.39 is 30.3 Å². The van der Waals surface area contributed by atoms with Crippen LogP contribution < -0.4 is 5.32 Å². The molecule has 8 heteroatoms. The first kappa shape index (κ1) is 20.7. The van der Waals surface area contributed by atoms with E-state index in [2.05, 4.69) is 5.32 Å². The Hall–Kier alpha value is -3.03. The summed E-state index contributed by atoms with van der Waals surface area (Å²) >= 11 is 0. The van der Waals surface area contributed by atoms with Gasteiger partial charge in [-0.2, -0.15) is 13.2 Å². The first-order valence-electron chi connectivity index (χ1n) is 9.27. The van der Waals surface area contributed by atoms with Crippen molar-refractivity contribution >= 4 is 12.0 Å². The topological polar surface area (TPSA) is 58.6 Å². The maximum atomic E-state index is 13.1. The summed E-state index contributed by atoms with van der Waals surface area (Å²) in [6.07, 6.45) is -5.94. The number of halogens is 3. The predicted molar refractivity (Wildman–Crippen MR) is 99.7 cm³/mol. The van der Waals surface area contributed by atoms with E-state index in [4.69, 9.17) is 4.74 Å². The van der Waals surface area contributed by atoms with E-state index in [1.807, 2.05) is 30.3 Å². The van der Waals surface area contributed by atoms with Crippen LogP contribution in [0.4, 0.5) is 18.0 Å². The zero-order valence-corrected chi connectivity index (χ0v) is 15.6. The number of alkyl halides is 3. The summed E-state index contributed by atoms with van der Waals surface area (Å²) in [5, 5.41) is 2.61. The summed E-state index contributed by atoms with van der Waals surface area (Å²) < 4.78 is 44.8. The molecule has 29 heavy (non-hydrogen) atoms. The van der Waals surface area contributed by atoms with Crippen molar-refractivity contribution in [3.63, 3.8) is 0 Å². The van der Waals surface area contributed by atoms with Crippen LogP contribution in [0.2, 0.25) is 0 Å². The van der Waals surface area contributed by atoms with Crippen molar-refractivity contribution in [2.24, 2.45) is 0 Å². The lowest BCUT2D eigenvalue weighted by Crippen LogP contribution is -2.51. The van der Waals surface area contributed by atoms with Gasteiger partial charge in [-0.1, -0.05) is 60.7 Å².